The van der Waals surface area contributed by atoms with Crippen molar-refractivity contribution < 1.29 is 4.74 Å². The first kappa shape index (κ1) is 17.2. The second-order valence-corrected chi connectivity index (χ2v) is 7.37. The zero-order valence-corrected chi connectivity index (χ0v) is 14.6. The third-order valence-electron chi connectivity index (χ3n) is 5.92. The van der Waals surface area contributed by atoms with Crippen molar-refractivity contribution in [2.75, 3.05) is 26.8 Å². The molecule has 2 rings (SSSR count). The molecule has 1 N–H and O–H groups in total. The Morgan fingerprint density at radius 2 is 1.90 bits per heavy atom. The second-order valence-electron chi connectivity index (χ2n) is 7.37. The van der Waals surface area contributed by atoms with Crippen molar-refractivity contribution >= 4 is 0 Å². The molecule has 3 nitrogen and oxygen atoms in total. The molecule has 3 heteroatoms. The number of nitrogens with one attached hydrogen (secondary N) is 1. The molecule has 1 saturated heterocycles. The van der Waals surface area contributed by atoms with Gasteiger partial charge in [-0.3, -0.25) is 4.90 Å². The minimum atomic E-state index is 0.530. The summed E-state index contributed by atoms with van der Waals surface area (Å²) in [5.74, 6) is 1.65. The predicted octanol–water partition coefficient (Wildman–Crippen LogP) is 3.29. The molecule has 0 aromatic carbocycles. The third-order valence-corrected chi connectivity index (χ3v) is 5.92. The van der Waals surface area contributed by atoms with Gasteiger partial charge in [-0.2, -0.15) is 0 Å². The van der Waals surface area contributed by atoms with Gasteiger partial charge in [-0.05, 0) is 31.6 Å². The van der Waals surface area contributed by atoms with Gasteiger partial charge in [0.05, 0.1) is 6.61 Å². The number of methoxy groups -OCH3 is 1. The van der Waals surface area contributed by atoms with Gasteiger partial charge < -0.3 is 10.1 Å². The fourth-order valence-corrected chi connectivity index (χ4v) is 4.31. The van der Waals surface area contributed by atoms with Gasteiger partial charge in [-0.25, -0.2) is 0 Å². The summed E-state index contributed by atoms with van der Waals surface area (Å²) in [6.45, 7) is 10.3. The third kappa shape index (κ3) is 4.43. The summed E-state index contributed by atoms with van der Waals surface area (Å²) >= 11 is 0. The summed E-state index contributed by atoms with van der Waals surface area (Å²) in [7, 11) is 1.83. The summed E-state index contributed by atoms with van der Waals surface area (Å²) < 4.78 is 5.44. The summed E-state index contributed by atoms with van der Waals surface area (Å²) in [4.78, 5) is 2.74. The van der Waals surface area contributed by atoms with Gasteiger partial charge in [0.15, 0.2) is 0 Å². The number of nitrogens with zero attached hydrogens (tertiary/aromatic N) is 1. The average Bonchev–Trinajstić information content (AvgIpc) is 2.54. The van der Waals surface area contributed by atoms with Crippen LogP contribution in [-0.4, -0.2) is 49.8 Å². The van der Waals surface area contributed by atoms with E-state index in [9.17, 15) is 0 Å². The van der Waals surface area contributed by atoms with E-state index in [1.807, 2.05) is 7.11 Å². The fraction of sp³-hybridized carbons (Fsp3) is 1.00. The number of hydrogen-bond acceptors (Lipinski definition) is 3. The van der Waals surface area contributed by atoms with E-state index in [0.29, 0.717) is 18.1 Å². The van der Waals surface area contributed by atoms with Crippen molar-refractivity contribution in [3.63, 3.8) is 0 Å². The summed E-state index contributed by atoms with van der Waals surface area (Å²) in [6, 6.07) is 1.90. The highest BCUT2D eigenvalue weighted by molar-refractivity contribution is 4.94. The number of hydrogen-bond donors (Lipinski definition) is 1. The van der Waals surface area contributed by atoms with Gasteiger partial charge in [-0.1, -0.05) is 39.5 Å². The Labute approximate surface area is 131 Å². The van der Waals surface area contributed by atoms with Gasteiger partial charge in [0.25, 0.3) is 0 Å². The number of ether oxygens (including phenoxy) is 1. The molecule has 124 valence electrons. The molecule has 21 heavy (non-hydrogen) atoms. The zero-order valence-electron chi connectivity index (χ0n) is 14.6. The normalized spacial score (nSPS) is 32.0. The van der Waals surface area contributed by atoms with Crippen LogP contribution in [0.25, 0.3) is 0 Å². The van der Waals surface area contributed by atoms with E-state index in [1.54, 1.807) is 0 Å². The smallest absolute Gasteiger partial charge is 0.0615 e. The van der Waals surface area contributed by atoms with Crippen LogP contribution in [-0.2, 0) is 4.74 Å². The molecule has 0 aromatic heterocycles. The van der Waals surface area contributed by atoms with Gasteiger partial charge in [0.2, 0.25) is 0 Å². The summed E-state index contributed by atoms with van der Waals surface area (Å²) in [5, 5.41) is 3.90. The van der Waals surface area contributed by atoms with E-state index >= 15 is 0 Å². The highest BCUT2D eigenvalue weighted by Crippen LogP contribution is 2.30. The van der Waals surface area contributed by atoms with E-state index in [4.69, 9.17) is 4.74 Å². The maximum Gasteiger partial charge on any atom is 0.0615 e. The highest BCUT2D eigenvalue weighted by atomic mass is 16.5. The van der Waals surface area contributed by atoms with Crippen LogP contribution >= 0.6 is 0 Å². The lowest BCUT2D eigenvalue weighted by molar-refractivity contribution is 0.00820. The molecule has 0 radical (unpaired) electrons. The lowest BCUT2D eigenvalue weighted by atomic mass is 9.81. The van der Waals surface area contributed by atoms with Crippen molar-refractivity contribution in [1.29, 1.82) is 0 Å². The molecule has 0 bridgehead atoms. The second kappa shape index (κ2) is 8.50. The quantitative estimate of drug-likeness (QED) is 0.814. The number of rotatable bonds is 6. The van der Waals surface area contributed by atoms with Crippen LogP contribution in [0.3, 0.4) is 0 Å². The van der Waals surface area contributed by atoms with Crippen LogP contribution in [0, 0.1) is 11.8 Å². The molecule has 2 fully saturated rings. The molecule has 4 atom stereocenters. The van der Waals surface area contributed by atoms with Crippen LogP contribution in [0.2, 0.25) is 0 Å². The first-order chi connectivity index (χ1) is 10.2. The minimum Gasteiger partial charge on any atom is -0.383 e. The minimum absolute atomic E-state index is 0.530. The van der Waals surface area contributed by atoms with Gasteiger partial charge >= 0.3 is 0 Å². The van der Waals surface area contributed by atoms with Crippen LogP contribution in [0.4, 0.5) is 0 Å². The Kier molecular flexibility index (Phi) is 6.97. The fourth-order valence-electron chi connectivity index (χ4n) is 4.31. The van der Waals surface area contributed by atoms with Crippen LogP contribution in [0.5, 0.6) is 0 Å². The Balaban J connectivity index is 2.00. The lowest BCUT2D eigenvalue weighted by Gasteiger charge is -2.48. The van der Waals surface area contributed by atoms with Crippen molar-refractivity contribution in [3.8, 4) is 0 Å². The van der Waals surface area contributed by atoms with Crippen LogP contribution in [0.1, 0.15) is 59.3 Å². The van der Waals surface area contributed by atoms with Gasteiger partial charge in [0, 0.05) is 38.3 Å². The average molecular weight is 296 g/mol. The summed E-state index contributed by atoms with van der Waals surface area (Å²) in [6.07, 6.45) is 8.44. The molecule has 1 aliphatic heterocycles. The largest absolute Gasteiger partial charge is 0.383 e. The van der Waals surface area contributed by atoms with Crippen LogP contribution in [0.15, 0.2) is 0 Å². The molecule has 2 aliphatic rings. The monoisotopic (exact) mass is 296 g/mol. The Morgan fingerprint density at radius 3 is 2.52 bits per heavy atom. The molecule has 0 aromatic rings. The molecule has 1 saturated carbocycles. The van der Waals surface area contributed by atoms with E-state index in [0.717, 1.165) is 25.0 Å². The van der Waals surface area contributed by atoms with Gasteiger partial charge in [-0.15, -0.1) is 0 Å². The molecule has 1 aliphatic carbocycles. The molecule has 1 heterocycles. The van der Waals surface area contributed by atoms with E-state index in [-0.39, 0.29) is 0 Å². The topological polar surface area (TPSA) is 24.5 Å². The standard InChI is InChI=1S/C18H36N2O/c1-5-14(2)18-11-19-17(16-9-7-6-8-10-16)12-20(18)15(3)13-21-4/h14-19H,5-13H2,1-4H3. The van der Waals surface area contributed by atoms with Crippen molar-refractivity contribution in [3.05, 3.63) is 0 Å². The lowest BCUT2D eigenvalue weighted by Crippen LogP contribution is -2.63. The van der Waals surface area contributed by atoms with Crippen molar-refractivity contribution in [1.82, 2.24) is 10.2 Å². The maximum absolute atomic E-state index is 5.44. The molecule has 0 spiro atoms. The first-order valence-corrected chi connectivity index (χ1v) is 9.15. The van der Waals surface area contributed by atoms with E-state index in [2.05, 4.69) is 31.0 Å². The number of piperazine rings is 1. The van der Waals surface area contributed by atoms with Crippen molar-refractivity contribution in [2.24, 2.45) is 11.8 Å². The van der Waals surface area contributed by atoms with Gasteiger partial charge in [0.1, 0.15) is 0 Å². The van der Waals surface area contributed by atoms with Crippen LogP contribution < -0.4 is 5.32 Å². The molecule has 4 unspecified atom stereocenters. The Morgan fingerprint density at radius 1 is 1.19 bits per heavy atom. The molecular formula is C18H36N2O. The zero-order chi connectivity index (χ0) is 15.2. The maximum atomic E-state index is 5.44. The predicted molar refractivity (Wildman–Crippen MR) is 89.7 cm³/mol. The Hall–Kier alpha value is -0.120. The first-order valence-electron chi connectivity index (χ1n) is 9.15. The van der Waals surface area contributed by atoms with E-state index < -0.39 is 0 Å². The van der Waals surface area contributed by atoms with Crippen molar-refractivity contribution in [2.45, 2.75) is 77.4 Å². The summed E-state index contributed by atoms with van der Waals surface area (Å²) in [5.41, 5.74) is 0. The Bertz CT molecular complexity index is 291. The SMILES string of the molecule is CCC(C)C1CNC(C2CCCCC2)CN1C(C)COC. The van der Waals surface area contributed by atoms with E-state index in [1.165, 1.54) is 45.1 Å². The highest BCUT2D eigenvalue weighted by Gasteiger charge is 2.36. The molecule has 0 amide bonds. The molecular weight excluding hydrogens is 260 g/mol.